The van der Waals surface area contributed by atoms with Crippen molar-refractivity contribution in [3.63, 3.8) is 0 Å². The van der Waals surface area contributed by atoms with E-state index in [4.69, 9.17) is 9.15 Å². The van der Waals surface area contributed by atoms with Gasteiger partial charge in [-0.15, -0.1) is 5.21 Å². The van der Waals surface area contributed by atoms with Crippen molar-refractivity contribution < 1.29 is 13.9 Å². The first kappa shape index (κ1) is 14.8. The summed E-state index contributed by atoms with van der Waals surface area (Å²) >= 11 is 0. The van der Waals surface area contributed by atoms with Gasteiger partial charge in [0.05, 0.1) is 18.1 Å². The summed E-state index contributed by atoms with van der Waals surface area (Å²) in [6.07, 6.45) is 0. The molecule has 2 aromatic heterocycles. The number of esters is 1. The molecule has 0 aliphatic rings. The summed E-state index contributed by atoms with van der Waals surface area (Å²) in [5.41, 5.74) is 1.37. The van der Waals surface area contributed by atoms with E-state index in [-0.39, 0.29) is 11.9 Å². The predicted molar refractivity (Wildman–Crippen MR) is 81.0 cm³/mol. The maximum absolute atomic E-state index is 11.6. The minimum absolute atomic E-state index is 0.279. The molecule has 0 amide bonds. The van der Waals surface area contributed by atoms with Crippen molar-refractivity contribution >= 4 is 11.9 Å². The number of aromatic amines is 1. The van der Waals surface area contributed by atoms with E-state index in [0.29, 0.717) is 30.2 Å². The fraction of sp³-hybridized carbons (Fsp3) is 0.200. The number of aromatic nitrogens is 4. The minimum Gasteiger partial charge on any atom is -0.462 e. The van der Waals surface area contributed by atoms with Crippen LogP contribution >= 0.6 is 0 Å². The van der Waals surface area contributed by atoms with Crippen LogP contribution in [-0.2, 0) is 11.3 Å². The Morgan fingerprint density at radius 2 is 2.09 bits per heavy atom. The number of rotatable bonds is 6. The van der Waals surface area contributed by atoms with Crippen molar-refractivity contribution in [1.82, 2.24) is 20.6 Å². The lowest BCUT2D eigenvalue weighted by Crippen LogP contribution is -2.03. The van der Waals surface area contributed by atoms with Gasteiger partial charge in [0.2, 0.25) is 0 Å². The van der Waals surface area contributed by atoms with E-state index in [9.17, 15) is 4.79 Å². The van der Waals surface area contributed by atoms with E-state index in [1.165, 1.54) is 0 Å². The van der Waals surface area contributed by atoms with Gasteiger partial charge in [-0.1, -0.05) is 12.1 Å². The summed E-state index contributed by atoms with van der Waals surface area (Å²) < 4.78 is 10.7. The van der Waals surface area contributed by atoms with Gasteiger partial charge >= 0.3 is 5.97 Å². The standard InChI is InChI=1S/C15H14N5O3/c1-2-22-14(21)11-5-3-10(4-6-11)13-8-7-12(23-13)9-16-15-17-19-20-18-15/h3-8H,2,9H2,1H3,(H-,16,17,18,19,20)/q-1. The molecule has 0 fully saturated rings. The second-order valence-electron chi connectivity index (χ2n) is 4.59. The molecule has 0 saturated heterocycles. The van der Waals surface area contributed by atoms with Crippen LogP contribution in [0, 0.1) is 0 Å². The third-order valence-electron chi connectivity index (χ3n) is 3.05. The molecule has 8 nitrogen and oxygen atoms in total. The summed E-state index contributed by atoms with van der Waals surface area (Å²) in [6.45, 7) is 2.45. The molecular weight excluding hydrogens is 298 g/mol. The highest BCUT2D eigenvalue weighted by Crippen LogP contribution is 2.24. The van der Waals surface area contributed by atoms with Crippen LogP contribution in [0.3, 0.4) is 0 Å². The lowest BCUT2D eigenvalue weighted by atomic mass is 10.1. The van der Waals surface area contributed by atoms with Crippen molar-refractivity contribution in [1.29, 1.82) is 0 Å². The van der Waals surface area contributed by atoms with E-state index < -0.39 is 0 Å². The summed E-state index contributed by atoms with van der Waals surface area (Å²) in [5, 5.41) is 17.4. The van der Waals surface area contributed by atoms with E-state index in [1.54, 1.807) is 19.1 Å². The van der Waals surface area contributed by atoms with Crippen molar-refractivity contribution in [2.24, 2.45) is 0 Å². The molecule has 8 heteroatoms. The summed E-state index contributed by atoms with van der Waals surface area (Å²) in [7, 11) is 0. The van der Waals surface area contributed by atoms with E-state index in [1.807, 2.05) is 24.3 Å². The maximum Gasteiger partial charge on any atom is 0.338 e. The van der Waals surface area contributed by atoms with Gasteiger partial charge in [0.25, 0.3) is 0 Å². The first-order valence-electron chi connectivity index (χ1n) is 7.03. The number of hydrogen-bond acceptors (Lipinski definition) is 6. The lowest BCUT2D eigenvalue weighted by molar-refractivity contribution is 0.0526. The Balaban J connectivity index is 1.66. The Labute approximate surface area is 131 Å². The van der Waals surface area contributed by atoms with Crippen molar-refractivity contribution in [2.45, 2.75) is 13.5 Å². The number of nitrogens with zero attached hydrogens (tertiary/aromatic N) is 4. The Hall–Kier alpha value is -3.16. The van der Waals surface area contributed by atoms with Crippen LogP contribution in [0.15, 0.2) is 40.8 Å². The normalized spacial score (nSPS) is 10.5. The van der Waals surface area contributed by atoms with Gasteiger partial charge in [-0.25, -0.2) is 4.79 Å². The molecule has 2 heterocycles. The molecular formula is C15H14N5O3-. The topological polar surface area (TPSA) is 108 Å². The van der Waals surface area contributed by atoms with Crippen LogP contribution in [0.2, 0.25) is 0 Å². The average Bonchev–Trinajstić information content (AvgIpc) is 3.25. The second kappa shape index (κ2) is 6.73. The number of furan rings is 1. The van der Waals surface area contributed by atoms with E-state index >= 15 is 0 Å². The van der Waals surface area contributed by atoms with Crippen molar-refractivity contribution in [3.05, 3.63) is 53.0 Å². The lowest BCUT2D eigenvalue weighted by Gasteiger charge is -2.04. The zero-order chi connectivity index (χ0) is 16.1. The van der Waals surface area contributed by atoms with Crippen LogP contribution in [-0.4, -0.2) is 33.2 Å². The highest BCUT2D eigenvalue weighted by Gasteiger charge is 2.08. The van der Waals surface area contributed by atoms with Gasteiger partial charge in [-0.2, -0.15) is 0 Å². The largest absolute Gasteiger partial charge is 0.462 e. The average molecular weight is 312 g/mol. The number of hydrogen-bond donors (Lipinski definition) is 1. The number of ether oxygens (including phenoxy) is 1. The van der Waals surface area contributed by atoms with Crippen LogP contribution < -0.4 is 0 Å². The van der Waals surface area contributed by atoms with Gasteiger partial charge < -0.3 is 14.5 Å². The maximum atomic E-state index is 11.6. The zero-order valence-electron chi connectivity index (χ0n) is 12.4. The Morgan fingerprint density at radius 3 is 2.78 bits per heavy atom. The Morgan fingerprint density at radius 1 is 1.26 bits per heavy atom. The third kappa shape index (κ3) is 3.54. The molecule has 0 saturated carbocycles. The van der Waals surface area contributed by atoms with Gasteiger partial charge in [0.1, 0.15) is 11.5 Å². The first-order chi connectivity index (χ1) is 11.3. The van der Waals surface area contributed by atoms with E-state index in [2.05, 4.69) is 25.9 Å². The molecule has 0 aliphatic carbocycles. The number of carbonyl (C=O) groups excluding carboxylic acids is 1. The molecule has 3 aromatic rings. The monoisotopic (exact) mass is 312 g/mol. The van der Waals surface area contributed by atoms with Gasteiger partial charge in [0, 0.05) is 12.1 Å². The quantitative estimate of drug-likeness (QED) is 0.701. The van der Waals surface area contributed by atoms with Crippen LogP contribution in [0.1, 0.15) is 23.0 Å². The van der Waals surface area contributed by atoms with E-state index in [0.717, 1.165) is 5.56 Å². The molecule has 1 aromatic carbocycles. The molecule has 118 valence electrons. The summed E-state index contributed by atoms with van der Waals surface area (Å²) in [4.78, 5) is 11.6. The first-order valence-corrected chi connectivity index (χ1v) is 7.03. The summed E-state index contributed by atoms with van der Waals surface area (Å²) in [5.74, 6) is 1.32. The minimum atomic E-state index is -0.335. The number of nitrogens with one attached hydrogen (secondary N) is 1. The fourth-order valence-electron chi connectivity index (χ4n) is 1.98. The number of H-pyrrole nitrogens is 1. The molecule has 23 heavy (non-hydrogen) atoms. The molecule has 1 N–H and O–H groups in total. The highest BCUT2D eigenvalue weighted by atomic mass is 16.5. The second-order valence-corrected chi connectivity index (χ2v) is 4.59. The van der Waals surface area contributed by atoms with Gasteiger partial charge in [-0.3, -0.25) is 15.4 Å². The van der Waals surface area contributed by atoms with Crippen molar-refractivity contribution in [2.75, 3.05) is 6.61 Å². The number of benzene rings is 1. The summed E-state index contributed by atoms with van der Waals surface area (Å²) in [6, 6.07) is 10.7. The van der Waals surface area contributed by atoms with Crippen LogP contribution in [0.25, 0.3) is 16.6 Å². The third-order valence-corrected chi connectivity index (χ3v) is 3.05. The zero-order valence-corrected chi connectivity index (χ0v) is 12.4. The van der Waals surface area contributed by atoms with Gasteiger partial charge in [0.15, 0.2) is 0 Å². The molecule has 0 aliphatic heterocycles. The highest BCUT2D eigenvalue weighted by molar-refractivity contribution is 5.89. The fourth-order valence-corrected chi connectivity index (χ4v) is 1.98. The Bertz CT molecular complexity index is 765. The SMILES string of the molecule is CCOC(=O)c1ccc(-c2ccc(C[N-]c3nn[nH]n3)o2)cc1. The Kier molecular flexibility index (Phi) is 4.32. The van der Waals surface area contributed by atoms with Crippen LogP contribution in [0.4, 0.5) is 5.95 Å². The molecule has 0 unspecified atom stereocenters. The number of carbonyl (C=O) groups is 1. The molecule has 0 spiro atoms. The van der Waals surface area contributed by atoms with Gasteiger partial charge in [-0.05, 0) is 31.2 Å². The van der Waals surface area contributed by atoms with Crippen molar-refractivity contribution in [3.8, 4) is 11.3 Å². The van der Waals surface area contributed by atoms with Crippen LogP contribution in [0.5, 0.6) is 0 Å². The molecule has 3 rings (SSSR count). The predicted octanol–water partition coefficient (Wildman–Crippen LogP) is 2.84. The number of tetrazole rings is 1. The smallest absolute Gasteiger partial charge is 0.338 e. The molecule has 0 radical (unpaired) electrons. The molecule has 0 atom stereocenters. The molecule has 0 bridgehead atoms.